The summed E-state index contributed by atoms with van der Waals surface area (Å²) in [6.07, 6.45) is 4.11. The van der Waals surface area contributed by atoms with Gasteiger partial charge in [0, 0.05) is 49.0 Å². The van der Waals surface area contributed by atoms with Gasteiger partial charge in [0.1, 0.15) is 24.3 Å². The first-order valence-electron chi connectivity index (χ1n) is 10.6. The SMILES string of the molecule is CC(C)Nc1nc(-c2cccc(OCC(O)CN)c2)cc(NCc2ccncc2)c1C=N. The van der Waals surface area contributed by atoms with Gasteiger partial charge in [0.2, 0.25) is 0 Å². The molecule has 2 aromatic heterocycles. The second-order valence-electron chi connectivity index (χ2n) is 7.70. The highest BCUT2D eigenvalue weighted by atomic mass is 16.5. The van der Waals surface area contributed by atoms with Gasteiger partial charge in [0.05, 0.1) is 11.3 Å². The summed E-state index contributed by atoms with van der Waals surface area (Å²) in [5, 5.41) is 24.4. The van der Waals surface area contributed by atoms with Crippen LogP contribution in [0.15, 0.2) is 54.9 Å². The van der Waals surface area contributed by atoms with E-state index in [-0.39, 0.29) is 19.2 Å². The fraction of sp³-hybridized carbons (Fsp3) is 0.292. The number of hydrogen-bond acceptors (Lipinski definition) is 8. The molecule has 3 rings (SSSR count). The molecule has 1 atom stereocenters. The lowest BCUT2D eigenvalue weighted by Crippen LogP contribution is -2.26. The largest absolute Gasteiger partial charge is 0.491 e. The van der Waals surface area contributed by atoms with Crippen LogP contribution in [0.2, 0.25) is 0 Å². The van der Waals surface area contributed by atoms with E-state index in [1.165, 1.54) is 6.21 Å². The topological polar surface area (TPSA) is 129 Å². The van der Waals surface area contributed by atoms with E-state index in [9.17, 15) is 5.11 Å². The number of hydrogen-bond donors (Lipinski definition) is 5. The van der Waals surface area contributed by atoms with Gasteiger partial charge >= 0.3 is 0 Å². The Morgan fingerprint density at radius 3 is 2.66 bits per heavy atom. The summed E-state index contributed by atoms with van der Waals surface area (Å²) in [5.74, 6) is 1.26. The summed E-state index contributed by atoms with van der Waals surface area (Å²) in [6, 6.07) is 13.5. The molecule has 0 aliphatic carbocycles. The van der Waals surface area contributed by atoms with E-state index in [0.717, 1.165) is 22.5 Å². The second kappa shape index (κ2) is 11.2. The number of aliphatic hydroxyl groups is 1. The highest BCUT2D eigenvalue weighted by Gasteiger charge is 2.14. The molecule has 0 saturated carbocycles. The molecule has 168 valence electrons. The van der Waals surface area contributed by atoms with Crippen LogP contribution < -0.4 is 21.1 Å². The molecule has 8 heteroatoms. The predicted molar refractivity (Wildman–Crippen MR) is 128 cm³/mol. The average Bonchev–Trinajstić information content (AvgIpc) is 2.81. The number of nitrogens with two attached hydrogens (primary N) is 1. The molecule has 1 unspecified atom stereocenters. The van der Waals surface area contributed by atoms with Crippen LogP contribution in [0.3, 0.4) is 0 Å². The molecular formula is C24H30N6O2. The first-order chi connectivity index (χ1) is 15.5. The molecule has 0 bridgehead atoms. The lowest BCUT2D eigenvalue weighted by Gasteiger charge is -2.18. The molecule has 0 aliphatic rings. The van der Waals surface area contributed by atoms with Crippen LogP contribution in [0, 0.1) is 5.41 Å². The third-order valence-corrected chi connectivity index (χ3v) is 4.70. The van der Waals surface area contributed by atoms with Crippen molar-refractivity contribution in [1.82, 2.24) is 9.97 Å². The van der Waals surface area contributed by atoms with Crippen molar-refractivity contribution in [2.75, 3.05) is 23.8 Å². The van der Waals surface area contributed by atoms with Crippen molar-refractivity contribution in [3.8, 4) is 17.0 Å². The van der Waals surface area contributed by atoms with Crippen molar-refractivity contribution in [1.29, 1.82) is 5.41 Å². The smallest absolute Gasteiger partial charge is 0.137 e. The van der Waals surface area contributed by atoms with Gasteiger partial charge in [-0.2, -0.15) is 0 Å². The Morgan fingerprint density at radius 1 is 1.19 bits per heavy atom. The van der Waals surface area contributed by atoms with Crippen LogP contribution in [0.25, 0.3) is 11.3 Å². The number of aliphatic hydroxyl groups excluding tert-OH is 1. The van der Waals surface area contributed by atoms with E-state index in [1.807, 2.05) is 56.3 Å². The minimum absolute atomic E-state index is 0.124. The van der Waals surface area contributed by atoms with Crippen molar-refractivity contribution < 1.29 is 9.84 Å². The van der Waals surface area contributed by atoms with Crippen molar-refractivity contribution >= 4 is 17.7 Å². The zero-order valence-corrected chi connectivity index (χ0v) is 18.4. The molecule has 32 heavy (non-hydrogen) atoms. The van der Waals surface area contributed by atoms with E-state index in [2.05, 4.69) is 15.6 Å². The third kappa shape index (κ3) is 6.26. The molecule has 1 aromatic carbocycles. The number of rotatable bonds is 11. The Hall–Kier alpha value is -3.49. The number of benzene rings is 1. The van der Waals surface area contributed by atoms with Crippen LogP contribution in [0.4, 0.5) is 11.5 Å². The van der Waals surface area contributed by atoms with Crippen molar-refractivity contribution in [3.05, 3.63) is 66.0 Å². The van der Waals surface area contributed by atoms with Crippen molar-refractivity contribution in [2.45, 2.75) is 32.5 Å². The summed E-state index contributed by atoms with van der Waals surface area (Å²) >= 11 is 0. The van der Waals surface area contributed by atoms with Crippen LogP contribution in [-0.4, -0.2) is 46.6 Å². The van der Waals surface area contributed by atoms with Crippen molar-refractivity contribution in [2.24, 2.45) is 5.73 Å². The maximum absolute atomic E-state index is 9.67. The summed E-state index contributed by atoms with van der Waals surface area (Å²) in [7, 11) is 0. The minimum Gasteiger partial charge on any atom is -0.491 e. The summed E-state index contributed by atoms with van der Waals surface area (Å²) < 4.78 is 5.66. The first kappa shape index (κ1) is 23.2. The van der Waals surface area contributed by atoms with Gasteiger partial charge in [-0.05, 0) is 49.7 Å². The molecule has 3 aromatic rings. The average molecular weight is 435 g/mol. The summed E-state index contributed by atoms with van der Waals surface area (Å²) in [4.78, 5) is 8.84. The molecule has 0 radical (unpaired) electrons. The predicted octanol–water partition coefficient (Wildman–Crippen LogP) is 3.27. The molecular weight excluding hydrogens is 404 g/mol. The van der Waals surface area contributed by atoms with Crippen LogP contribution in [-0.2, 0) is 6.54 Å². The number of ether oxygens (including phenoxy) is 1. The minimum atomic E-state index is -0.713. The number of nitrogens with zero attached hydrogens (tertiary/aromatic N) is 2. The lowest BCUT2D eigenvalue weighted by atomic mass is 10.1. The molecule has 0 aliphatic heterocycles. The van der Waals surface area contributed by atoms with E-state index >= 15 is 0 Å². The zero-order valence-electron chi connectivity index (χ0n) is 18.4. The van der Waals surface area contributed by atoms with E-state index in [1.54, 1.807) is 12.4 Å². The second-order valence-corrected chi connectivity index (χ2v) is 7.70. The maximum atomic E-state index is 9.67. The standard InChI is InChI=1S/C24H30N6O2/c1-16(2)29-24-21(13-26)23(28-14-17-6-8-27-9-7-17)11-22(30-24)18-4-3-5-20(10-18)32-15-19(31)12-25/h3-11,13,16,19,26,31H,12,14-15,25H2,1-2H3,(H2,28,29,30). The van der Waals surface area contributed by atoms with Gasteiger partial charge in [-0.1, -0.05) is 12.1 Å². The molecule has 8 nitrogen and oxygen atoms in total. The van der Waals surface area contributed by atoms with Gasteiger partial charge in [0.25, 0.3) is 0 Å². The lowest BCUT2D eigenvalue weighted by molar-refractivity contribution is 0.114. The molecule has 0 amide bonds. The fourth-order valence-electron chi connectivity index (χ4n) is 3.08. The summed E-state index contributed by atoms with van der Waals surface area (Å²) in [5.41, 5.74) is 9.63. The number of anilines is 2. The summed E-state index contributed by atoms with van der Waals surface area (Å²) in [6.45, 7) is 4.92. The monoisotopic (exact) mass is 434 g/mol. The quantitative estimate of drug-likeness (QED) is 0.293. The van der Waals surface area contributed by atoms with E-state index in [0.29, 0.717) is 23.7 Å². The zero-order chi connectivity index (χ0) is 22.9. The van der Waals surface area contributed by atoms with E-state index in [4.69, 9.17) is 20.9 Å². The third-order valence-electron chi connectivity index (χ3n) is 4.70. The molecule has 0 spiro atoms. The molecule has 2 heterocycles. The van der Waals surface area contributed by atoms with Gasteiger partial charge in [-0.25, -0.2) is 4.98 Å². The van der Waals surface area contributed by atoms with Gasteiger partial charge in [0.15, 0.2) is 0 Å². The molecule has 6 N–H and O–H groups in total. The Bertz CT molecular complexity index is 1030. The Balaban J connectivity index is 1.95. The Kier molecular flexibility index (Phi) is 8.13. The van der Waals surface area contributed by atoms with Gasteiger partial charge in [-0.3, -0.25) is 4.98 Å². The van der Waals surface area contributed by atoms with Crippen LogP contribution >= 0.6 is 0 Å². The highest BCUT2D eigenvalue weighted by Crippen LogP contribution is 2.30. The molecule has 0 fully saturated rings. The van der Waals surface area contributed by atoms with Crippen LogP contribution in [0.1, 0.15) is 25.0 Å². The number of aromatic nitrogens is 2. The fourth-order valence-corrected chi connectivity index (χ4v) is 3.08. The highest BCUT2D eigenvalue weighted by molar-refractivity contribution is 5.93. The Labute approximate surface area is 188 Å². The first-order valence-corrected chi connectivity index (χ1v) is 10.6. The van der Waals surface area contributed by atoms with Gasteiger partial charge < -0.3 is 31.6 Å². The van der Waals surface area contributed by atoms with Crippen LogP contribution in [0.5, 0.6) is 5.75 Å². The molecule has 0 saturated heterocycles. The Morgan fingerprint density at radius 2 is 1.97 bits per heavy atom. The maximum Gasteiger partial charge on any atom is 0.137 e. The van der Waals surface area contributed by atoms with Crippen molar-refractivity contribution in [3.63, 3.8) is 0 Å². The van der Waals surface area contributed by atoms with Gasteiger partial charge in [-0.15, -0.1) is 0 Å². The van der Waals surface area contributed by atoms with E-state index < -0.39 is 6.10 Å². The number of pyridine rings is 2. The normalized spacial score (nSPS) is 11.8. The number of nitrogens with one attached hydrogen (secondary N) is 3.